The Labute approximate surface area is 185 Å². The van der Waals surface area contributed by atoms with E-state index in [0.29, 0.717) is 24.3 Å². The van der Waals surface area contributed by atoms with Crippen molar-refractivity contribution in [3.63, 3.8) is 0 Å². The predicted octanol–water partition coefficient (Wildman–Crippen LogP) is 7.41. The van der Waals surface area contributed by atoms with Crippen molar-refractivity contribution in [2.45, 2.75) is 31.6 Å². The zero-order valence-corrected chi connectivity index (χ0v) is 16.7. The lowest BCUT2D eigenvalue weighted by Gasteiger charge is -2.24. The van der Waals surface area contributed by atoms with E-state index >= 15 is 4.39 Å². The lowest BCUT2D eigenvalue weighted by Crippen LogP contribution is -2.19. The van der Waals surface area contributed by atoms with Crippen molar-refractivity contribution in [1.82, 2.24) is 4.98 Å². The summed E-state index contributed by atoms with van der Waals surface area (Å²) in [5, 5.41) is 9.68. The van der Waals surface area contributed by atoms with Crippen LogP contribution in [0.25, 0.3) is 11.1 Å². The summed E-state index contributed by atoms with van der Waals surface area (Å²) in [5.74, 6) is -0.838. The highest BCUT2D eigenvalue weighted by Gasteiger charge is 2.42. The van der Waals surface area contributed by atoms with Gasteiger partial charge in [0.25, 0.3) is 6.43 Å². The van der Waals surface area contributed by atoms with Gasteiger partial charge in [0.05, 0.1) is 12.2 Å². The van der Waals surface area contributed by atoms with Gasteiger partial charge in [-0.05, 0) is 41.0 Å². The molecule has 3 rings (SSSR count). The third kappa shape index (κ3) is 5.01. The molecule has 0 radical (unpaired) electrons. The van der Waals surface area contributed by atoms with Gasteiger partial charge < -0.3 is 5.11 Å². The van der Waals surface area contributed by atoms with Gasteiger partial charge >= 0.3 is 12.4 Å². The lowest BCUT2D eigenvalue weighted by atomic mass is 9.87. The molecule has 182 valence electrons. The van der Waals surface area contributed by atoms with Crippen LogP contribution in [0.4, 0.5) is 43.9 Å². The van der Waals surface area contributed by atoms with Gasteiger partial charge in [0, 0.05) is 11.1 Å². The molecule has 2 nitrogen and oxygen atoms in total. The average molecular weight is 497 g/mol. The number of aliphatic hydroxyl groups excluding tert-OH is 1. The van der Waals surface area contributed by atoms with Crippen molar-refractivity contribution in [2.24, 2.45) is 0 Å². The number of rotatable bonds is 5. The zero-order chi connectivity index (χ0) is 25.4. The molecule has 12 heteroatoms. The van der Waals surface area contributed by atoms with Crippen molar-refractivity contribution in [2.75, 3.05) is 0 Å². The van der Waals surface area contributed by atoms with Crippen LogP contribution in [0.3, 0.4) is 0 Å². The molecule has 0 saturated carbocycles. The van der Waals surface area contributed by atoms with Crippen molar-refractivity contribution in [3.8, 4) is 11.1 Å². The number of aliphatic hydroxyl groups is 1. The molecule has 0 bridgehead atoms. The predicted molar refractivity (Wildman–Crippen MR) is 99.9 cm³/mol. The maximum Gasteiger partial charge on any atom is 0.433 e. The second-order valence-electron chi connectivity index (χ2n) is 7.06. The van der Waals surface area contributed by atoms with Gasteiger partial charge in [-0.1, -0.05) is 24.3 Å². The smallest absolute Gasteiger partial charge is 0.392 e. The summed E-state index contributed by atoms with van der Waals surface area (Å²) in [7, 11) is 0. The molecule has 1 N–H and O–H groups in total. The monoisotopic (exact) mass is 497 g/mol. The topological polar surface area (TPSA) is 33.1 Å². The summed E-state index contributed by atoms with van der Waals surface area (Å²) >= 11 is 0. The number of hydrogen-bond acceptors (Lipinski definition) is 2. The number of benzene rings is 2. The molecule has 1 aromatic heterocycles. The fourth-order valence-corrected chi connectivity index (χ4v) is 3.41. The Bertz CT molecular complexity index is 1150. The Hall–Kier alpha value is -3.15. The molecule has 2 aromatic carbocycles. The molecule has 0 amide bonds. The summed E-state index contributed by atoms with van der Waals surface area (Å²) in [6.07, 6.45) is -16.6. The Morgan fingerprint density at radius 3 is 1.79 bits per heavy atom. The van der Waals surface area contributed by atoms with Crippen LogP contribution in [-0.4, -0.2) is 10.1 Å². The molecular weight excluding hydrogens is 484 g/mol. The second kappa shape index (κ2) is 9.24. The summed E-state index contributed by atoms with van der Waals surface area (Å²) in [5.41, 5.74) is -8.65. The number of hydrogen-bond donors (Lipinski definition) is 1. The average Bonchev–Trinajstić information content (AvgIpc) is 2.76. The van der Waals surface area contributed by atoms with E-state index in [4.69, 9.17) is 0 Å². The van der Waals surface area contributed by atoms with Gasteiger partial charge in [-0.25, -0.2) is 22.5 Å². The molecule has 1 heterocycles. The van der Waals surface area contributed by atoms with Gasteiger partial charge in [-0.15, -0.1) is 0 Å². The molecule has 0 fully saturated rings. The lowest BCUT2D eigenvalue weighted by molar-refractivity contribution is -0.142. The van der Waals surface area contributed by atoms with E-state index in [1.54, 1.807) is 0 Å². The van der Waals surface area contributed by atoms with Crippen LogP contribution in [0.2, 0.25) is 0 Å². The number of halogens is 10. The van der Waals surface area contributed by atoms with Gasteiger partial charge in [0.2, 0.25) is 0 Å². The third-order valence-corrected chi connectivity index (χ3v) is 4.92. The maximum absolute atomic E-state index is 15.6. The second-order valence-corrected chi connectivity index (χ2v) is 7.06. The van der Waals surface area contributed by atoms with E-state index < -0.39 is 76.6 Å². The number of aromatic nitrogens is 1. The van der Waals surface area contributed by atoms with Crippen molar-refractivity contribution in [1.29, 1.82) is 0 Å². The van der Waals surface area contributed by atoms with Gasteiger partial charge in [0.15, 0.2) is 11.9 Å². The van der Waals surface area contributed by atoms with E-state index in [1.165, 1.54) is 0 Å². The van der Waals surface area contributed by atoms with Crippen LogP contribution in [-0.2, 0) is 19.0 Å². The first-order chi connectivity index (χ1) is 15.8. The van der Waals surface area contributed by atoms with Crippen LogP contribution in [0.1, 0.15) is 46.2 Å². The molecular formula is C22H13F10NO. The molecule has 0 saturated heterocycles. The highest BCUT2D eigenvalue weighted by molar-refractivity contribution is 5.74. The molecule has 0 aliphatic carbocycles. The normalized spacial score (nSPS) is 13.4. The first-order valence-corrected chi connectivity index (χ1v) is 9.35. The molecule has 3 aromatic rings. The highest BCUT2D eigenvalue weighted by atomic mass is 19.4. The molecule has 34 heavy (non-hydrogen) atoms. The first-order valence-electron chi connectivity index (χ1n) is 9.35. The Morgan fingerprint density at radius 2 is 1.35 bits per heavy atom. The van der Waals surface area contributed by atoms with E-state index in [9.17, 15) is 44.6 Å². The number of nitrogens with zero attached hydrogens (tertiary/aromatic N) is 1. The number of pyridine rings is 1. The Morgan fingerprint density at radius 1 is 0.794 bits per heavy atom. The fraction of sp³-hybridized carbons (Fsp3) is 0.227. The SMILES string of the molecule is OCc1c(C(F)F)nc(C(F)(F)F)c(C(F)c2ccc(C(F)(F)F)cc2)c1-c1ccc(F)cc1. The summed E-state index contributed by atoms with van der Waals surface area (Å²) in [6, 6.07) is 5.43. The van der Waals surface area contributed by atoms with Crippen LogP contribution in [0.15, 0.2) is 48.5 Å². The summed E-state index contributed by atoms with van der Waals surface area (Å²) in [4.78, 5) is 2.89. The summed E-state index contributed by atoms with van der Waals surface area (Å²) in [6.45, 7) is -1.27. The minimum atomic E-state index is -5.46. The molecule has 1 unspecified atom stereocenters. The quantitative estimate of drug-likeness (QED) is 0.373. The highest BCUT2D eigenvalue weighted by Crippen LogP contribution is 2.46. The van der Waals surface area contributed by atoms with E-state index in [0.717, 1.165) is 24.3 Å². The minimum absolute atomic E-state index is 0.343. The van der Waals surface area contributed by atoms with E-state index in [1.807, 2.05) is 0 Å². The maximum atomic E-state index is 15.6. The van der Waals surface area contributed by atoms with Crippen molar-refractivity contribution < 1.29 is 49.0 Å². The summed E-state index contributed by atoms with van der Waals surface area (Å²) < 4.78 is 136. The van der Waals surface area contributed by atoms with Crippen LogP contribution < -0.4 is 0 Å². The van der Waals surface area contributed by atoms with Gasteiger partial charge in [-0.2, -0.15) is 26.3 Å². The van der Waals surface area contributed by atoms with Gasteiger partial charge in [-0.3, -0.25) is 0 Å². The Balaban J connectivity index is 2.38. The van der Waals surface area contributed by atoms with Crippen LogP contribution in [0.5, 0.6) is 0 Å². The molecule has 0 spiro atoms. The first kappa shape index (κ1) is 25.5. The van der Waals surface area contributed by atoms with Crippen LogP contribution >= 0.6 is 0 Å². The van der Waals surface area contributed by atoms with Crippen molar-refractivity contribution in [3.05, 3.63) is 88.0 Å². The standard InChI is InChI=1S/C22H13F10NO/c23-13-7-3-10(4-8-13)15-14(9-34)18(20(25)26)33-19(22(30,31)32)16(15)17(24)11-1-5-12(6-2-11)21(27,28)29/h1-8,17,20,34H,9H2. The van der Waals surface area contributed by atoms with Crippen molar-refractivity contribution >= 4 is 0 Å². The third-order valence-electron chi connectivity index (χ3n) is 4.92. The molecule has 0 aliphatic rings. The van der Waals surface area contributed by atoms with Gasteiger partial charge in [0.1, 0.15) is 11.5 Å². The Kier molecular flexibility index (Phi) is 6.92. The fourth-order valence-electron chi connectivity index (χ4n) is 3.41. The van der Waals surface area contributed by atoms with Crippen LogP contribution in [0, 0.1) is 5.82 Å². The van der Waals surface area contributed by atoms with E-state index in [2.05, 4.69) is 4.98 Å². The molecule has 0 aliphatic heterocycles. The minimum Gasteiger partial charge on any atom is -0.392 e. The number of alkyl halides is 9. The van der Waals surface area contributed by atoms with E-state index in [-0.39, 0.29) is 5.56 Å². The molecule has 1 atom stereocenters. The largest absolute Gasteiger partial charge is 0.433 e. The zero-order valence-electron chi connectivity index (χ0n) is 16.7.